The first-order valence-electron chi connectivity index (χ1n) is 8.53. The van der Waals surface area contributed by atoms with E-state index in [1.165, 1.54) is 7.11 Å². The number of ketones is 1. The summed E-state index contributed by atoms with van der Waals surface area (Å²) in [6.45, 7) is 7.16. The second-order valence-electron chi connectivity index (χ2n) is 6.17. The number of halogens is 2. The van der Waals surface area contributed by atoms with Gasteiger partial charge in [0.15, 0.2) is 17.3 Å². The summed E-state index contributed by atoms with van der Waals surface area (Å²) in [6, 6.07) is 5.02. The molecule has 1 aliphatic rings. The van der Waals surface area contributed by atoms with Crippen molar-refractivity contribution in [3.8, 4) is 11.5 Å². The van der Waals surface area contributed by atoms with E-state index in [1.54, 1.807) is 30.2 Å². The molecule has 0 spiro atoms. The Morgan fingerprint density at radius 3 is 2.26 bits per heavy atom. The zero-order chi connectivity index (χ0) is 19.1. The predicted octanol–water partition coefficient (Wildman–Crippen LogP) is 2.99. The fourth-order valence-corrected chi connectivity index (χ4v) is 3.10. The highest BCUT2D eigenvalue weighted by molar-refractivity contribution is 6.29. The van der Waals surface area contributed by atoms with Crippen LogP contribution in [0.3, 0.4) is 0 Å². The van der Waals surface area contributed by atoms with Gasteiger partial charge in [-0.05, 0) is 18.2 Å². The van der Waals surface area contributed by atoms with Gasteiger partial charge in [0.05, 0.1) is 14.2 Å². The summed E-state index contributed by atoms with van der Waals surface area (Å²) in [7, 11) is 3.07. The number of hydrogen-bond donors (Lipinski definition) is 0. The molecule has 1 aromatic rings. The minimum Gasteiger partial charge on any atom is -0.493 e. The van der Waals surface area contributed by atoms with Gasteiger partial charge in [0.1, 0.15) is 0 Å². The average Bonchev–Trinajstić information content (AvgIpc) is 2.65. The first-order chi connectivity index (χ1) is 12.4. The molecule has 1 heterocycles. The zero-order valence-corrected chi connectivity index (χ0v) is 17.3. The summed E-state index contributed by atoms with van der Waals surface area (Å²) in [6.07, 6.45) is 0.377. The molecule has 27 heavy (non-hydrogen) atoms. The summed E-state index contributed by atoms with van der Waals surface area (Å²) in [4.78, 5) is 28.7. The normalized spacial score (nSPS) is 14.3. The topological polar surface area (TPSA) is 59.1 Å². The van der Waals surface area contributed by atoms with Gasteiger partial charge in [0.2, 0.25) is 5.91 Å². The van der Waals surface area contributed by atoms with Crippen LogP contribution in [0.4, 0.5) is 0 Å². The molecule has 1 amide bonds. The van der Waals surface area contributed by atoms with Crippen LogP contribution in [0.15, 0.2) is 29.8 Å². The summed E-state index contributed by atoms with van der Waals surface area (Å²) in [5.41, 5.74) is 0.515. The molecule has 6 nitrogen and oxygen atoms in total. The number of amides is 1. The molecule has 0 N–H and O–H groups in total. The van der Waals surface area contributed by atoms with Gasteiger partial charge in [-0.2, -0.15) is 0 Å². The van der Waals surface area contributed by atoms with Gasteiger partial charge in [0.25, 0.3) is 0 Å². The van der Waals surface area contributed by atoms with E-state index in [0.29, 0.717) is 41.7 Å². The van der Waals surface area contributed by atoms with E-state index < -0.39 is 0 Å². The molecule has 8 heteroatoms. The van der Waals surface area contributed by atoms with Crippen LogP contribution in [0.2, 0.25) is 0 Å². The number of carbonyl (C=O) groups is 2. The number of hydrogen-bond acceptors (Lipinski definition) is 5. The maximum absolute atomic E-state index is 12.4. The van der Waals surface area contributed by atoms with Crippen molar-refractivity contribution in [2.75, 3.05) is 46.9 Å². The standard InChI is InChI=1S/C19H25ClN2O4.ClH/c1-14(20)13-21-8-10-22(11-9-21)19(24)7-5-16(23)15-4-6-17(25-2)18(12-15)26-3;/h4,6,12H,1,5,7-11,13H2,2-3H3;1H. The van der Waals surface area contributed by atoms with Gasteiger partial charge in [-0.25, -0.2) is 0 Å². The number of piperazine rings is 1. The minimum absolute atomic E-state index is 0. The van der Waals surface area contributed by atoms with Crippen LogP contribution in [0.5, 0.6) is 11.5 Å². The smallest absolute Gasteiger partial charge is 0.223 e. The Kier molecular flexibility index (Phi) is 9.63. The van der Waals surface area contributed by atoms with E-state index in [0.717, 1.165) is 13.1 Å². The number of ether oxygens (including phenoxy) is 2. The van der Waals surface area contributed by atoms with Crippen LogP contribution in [-0.4, -0.2) is 68.4 Å². The third-order valence-electron chi connectivity index (χ3n) is 4.39. The maximum atomic E-state index is 12.4. The summed E-state index contributed by atoms with van der Waals surface area (Å²) in [5.74, 6) is 0.985. The largest absolute Gasteiger partial charge is 0.493 e. The first kappa shape index (κ1) is 23.3. The molecule has 0 aromatic heterocycles. The quantitative estimate of drug-likeness (QED) is 0.609. The van der Waals surface area contributed by atoms with Gasteiger partial charge in [-0.3, -0.25) is 14.5 Å². The molecule has 150 valence electrons. The number of Topliss-reactive ketones (excluding diaryl/α,β-unsaturated/α-hetero) is 1. The second kappa shape index (κ2) is 11.2. The Morgan fingerprint density at radius 2 is 1.70 bits per heavy atom. The van der Waals surface area contributed by atoms with E-state index in [4.69, 9.17) is 21.1 Å². The lowest BCUT2D eigenvalue weighted by Gasteiger charge is -2.34. The molecule has 1 aliphatic heterocycles. The molecule has 1 saturated heterocycles. The van der Waals surface area contributed by atoms with Crippen molar-refractivity contribution >= 4 is 35.7 Å². The van der Waals surface area contributed by atoms with Crippen molar-refractivity contribution in [3.05, 3.63) is 35.4 Å². The maximum Gasteiger partial charge on any atom is 0.223 e. The van der Waals surface area contributed by atoms with Crippen molar-refractivity contribution in [1.82, 2.24) is 9.80 Å². The average molecular weight is 417 g/mol. The Labute approximate surface area is 171 Å². The molecule has 1 aromatic carbocycles. The molecule has 0 radical (unpaired) electrons. The van der Waals surface area contributed by atoms with Crippen LogP contribution < -0.4 is 9.47 Å². The zero-order valence-electron chi connectivity index (χ0n) is 15.7. The molecule has 0 aliphatic carbocycles. The van der Waals surface area contributed by atoms with Crippen LogP contribution in [0.1, 0.15) is 23.2 Å². The molecule has 1 fully saturated rings. The van der Waals surface area contributed by atoms with E-state index in [2.05, 4.69) is 11.5 Å². The molecule has 0 unspecified atom stereocenters. The molecule has 2 rings (SSSR count). The second-order valence-corrected chi connectivity index (χ2v) is 6.70. The van der Waals surface area contributed by atoms with E-state index in [-0.39, 0.29) is 36.9 Å². The van der Waals surface area contributed by atoms with Gasteiger partial charge in [0, 0.05) is 56.2 Å². The summed E-state index contributed by atoms with van der Waals surface area (Å²) in [5, 5.41) is 0.602. The van der Waals surface area contributed by atoms with Crippen molar-refractivity contribution < 1.29 is 19.1 Å². The summed E-state index contributed by atoms with van der Waals surface area (Å²) >= 11 is 5.82. The predicted molar refractivity (Wildman–Crippen MR) is 108 cm³/mol. The Morgan fingerprint density at radius 1 is 1.07 bits per heavy atom. The van der Waals surface area contributed by atoms with Crippen LogP contribution in [-0.2, 0) is 4.79 Å². The lowest BCUT2D eigenvalue weighted by atomic mass is 10.1. The number of rotatable bonds is 8. The fourth-order valence-electron chi connectivity index (χ4n) is 2.93. The van der Waals surface area contributed by atoms with Crippen molar-refractivity contribution in [3.63, 3.8) is 0 Å². The highest BCUT2D eigenvalue weighted by Gasteiger charge is 2.22. The van der Waals surface area contributed by atoms with E-state index in [1.807, 2.05) is 0 Å². The third-order valence-corrected chi connectivity index (χ3v) is 4.51. The Hall–Kier alpha value is -1.76. The van der Waals surface area contributed by atoms with Crippen LogP contribution in [0, 0.1) is 0 Å². The third kappa shape index (κ3) is 6.72. The van der Waals surface area contributed by atoms with Gasteiger partial charge < -0.3 is 14.4 Å². The fraction of sp³-hybridized carbons (Fsp3) is 0.474. The lowest BCUT2D eigenvalue weighted by Crippen LogP contribution is -2.48. The van der Waals surface area contributed by atoms with Crippen molar-refractivity contribution in [2.45, 2.75) is 12.8 Å². The molecule has 0 bridgehead atoms. The Bertz CT molecular complexity index is 674. The lowest BCUT2D eigenvalue weighted by molar-refractivity contribution is -0.132. The van der Waals surface area contributed by atoms with E-state index in [9.17, 15) is 9.59 Å². The molecular formula is C19H26Cl2N2O4. The number of nitrogens with zero attached hydrogens (tertiary/aromatic N) is 2. The first-order valence-corrected chi connectivity index (χ1v) is 8.91. The molecular weight excluding hydrogens is 391 g/mol. The van der Waals surface area contributed by atoms with Crippen LogP contribution in [0.25, 0.3) is 0 Å². The van der Waals surface area contributed by atoms with Crippen LogP contribution >= 0.6 is 24.0 Å². The molecule has 0 atom stereocenters. The highest BCUT2D eigenvalue weighted by atomic mass is 35.5. The van der Waals surface area contributed by atoms with Gasteiger partial charge >= 0.3 is 0 Å². The Balaban J connectivity index is 0.00000364. The molecule has 0 saturated carbocycles. The monoisotopic (exact) mass is 416 g/mol. The highest BCUT2D eigenvalue weighted by Crippen LogP contribution is 2.28. The van der Waals surface area contributed by atoms with Gasteiger partial charge in [-0.1, -0.05) is 18.2 Å². The number of methoxy groups -OCH3 is 2. The summed E-state index contributed by atoms with van der Waals surface area (Å²) < 4.78 is 10.4. The van der Waals surface area contributed by atoms with Crippen molar-refractivity contribution in [1.29, 1.82) is 0 Å². The van der Waals surface area contributed by atoms with Gasteiger partial charge in [-0.15, -0.1) is 12.4 Å². The number of carbonyl (C=O) groups excluding carboxylic acids is 2. The minimum atomic E-state index is -0.0867. The SMILES string of the molecule is C=C(Cl)CN1CCN(C(=O)CCC(=O)c2ccc(OC)c(OC)c2)CC1.Cl. The van der Waals surface area contributed by atoms with Crippen molar-refractivity contribution in [2.24, 2.45) is 0 Å². The number of benzene rings is 1. The van der Waals surface area contributed by atoms with E-state index >= 15 is 0 Å².